The lowest BCUT2D eigenvalue weighted by atomic mass is 9.90. The Morgan fingerprint density at radius 2 is 2.10 bits per heavy atom. The Bertz CT molecular complexity index is 358. The molecule has 3 nitrogen and oxygen atoms in total. The summed E-state index contributed by atoms with van der Waals surface area (Å²) in [5, 5.41) is 3.39. The quantitative estimate of drug-likeness (QED) is 0.735. The normalized spacial score (nSPS) is 16.4. The topological polar surface area (TPSA) is 34.1 Å². The molecule has 1 N–H and O–H groups in total. The van der Waals surface area contributed by atoms with Gasteiger partial charge in [0.05, 0.1) is 12.3 Å². The van der Waals surface area contributed by atoms with Crippen molar-refractivity contribution in [3.8, 4) is 0 Å². The Balaban J connectivity index is 1.65. The van der Waals surface area contributed by atoms with Gasteiger partial charge in [0.1, 0.15) is 0 Å². The van der Waals surface area contributed by atoms with E-state index in [1.165, 1.54) is 44.1 Å². The minimum absolute atomic E-state index is 0.652. The van der Waals surface area contributed by atoms with Crippen LogP contribution in [0.1, 0.15) is 56.7 Å². The molecule has 0 saturated heterocycles. The van der Waals surface area contributed by atoms with Crippen LogP contribution in [0.3, 0.4) is 0 Å². The summed E-state index contributed by atoms with van der Waals surface area (Å²) in [4.78, 5) is 4.48. The van der Waals surface area contributed by atoms with Gasteiger partial charge in [-0.15, -0.1) is 0 Å². The molecule has 112 valence electrons. The molecule has 0 radical (unpaired) electrons. The fourth-order valence-electron chi connectivity index (χ4n) is 2.74. The van der Waals surface area contributed by atoms with Crippen LogP contribution in [-0.4, -0.2) is 18.1 Å². The van der Waals surface area contributed by atoms with E-state index in [0.29, 0.717) is 6.61 Å². The van der Waals surface area contributed by atoms with Crippen molar-refractivity contribution >= 4 is 0 Å². The van der Waals surface area contributed by atoms with Crippen LogP contribution in [0.2, 0.25) is 0 Å². The highest BCUT2D eigenvalue weighted by molar-refractivity contribution is 5.13. The highest BCUT2D eigenvalue weighted by atomic mass is 16.5. The molecule has 0 bridgehead atoms. The molecule has 1 aliphatic rings. The molecule has 0 aromatic carbocycles. The second-order valence-corrected chi connectivity index (χ2v) is 5.85. The van der Waals surface area contributed by atoms with Gasteiger partial charge in [0.2, 0.25) is 0 Å². The number of ether oxygens (including phenoxy) is 1. The average Bonchev–Trinajstić information content (AvgIpc) is 2.50. The first-order valence-electron chi connectivity index (χ1n) is 8.10. The van der Waals surface area contributed by atoms with Crippen LogP contribution < -0.4 is 5.32 Å². The first-order valence-corrected chi connectivity index (χ1v) is 8.10. The molecule has 0 atom stereocenters. The zero-order valence-corrected chi connectivity index (χ0v) is 12.7. The average molecular weight is 276 g/mol. The van der Waals surface area contributed by atoms with Gasteiger partial charge in [-0.3, -0.25) is 4.98 Å². The number of nitrogens with one attached hydrogen (secondary N) is 1. The molecule has 1 aliphatic carbocycles. The highest BCUT2D eigenvalue weighted by Gasteiger charge is 2.13. The van der Waals surface area contributed by atoms with E-state index < -0.39 is 0 Å². The molecule has 1 saturated carbocycles. The lowest BCUT2D eigenvalue weighted by Crippen LogP contribution is -2.14. The number of hydrogen-bond acceptors (Lipinski definition) is 3. The molecule has 1 aromatic heterocycles. The van der Waals surface area contributed by atoms with Crippen molar-refractivity contribution in [1.82, 2.24) is 10.3 Å². The number of rotatable bonds is 8. The van der Waals surface area contributed by atoms with Crippen LogP contribution in [0, 0.1) is 5.92 Å². The smallest absolute Gasteiger partial charge is 0.0887 e. The molecular formula is C17H28N2O. The summed E-state index contributed by atoms with van der Waals surface area (Å²) in [7, 11) is 0. The fourth-order valence-corrected chi connectivity index (χ4v) is 2.74. The van der Waals surface area contributed by atoms with Crippen molar-refractivity contribution in [2.75, 3.05) is 13.2 Å². The molecule has 0 aliphatic heterocycles. The zero-order valence-electron chi connectivity index (χ0n) is 12.7. The van der Waals surface area contributed by atoms with Crippen molar-refractivity contribution in [2.24, 2.45) is 5.92 Å². The summed E-state index contributed by atoms with van der Waals surface area (Å²) in [6, 6.07) is 4.23. The standard InChI is InChI=1S/C17H28N2O/c1-2-10-18-11-16-8-9-17(19-12-16)14-20-13-15-6-4-3-5-7-15/h8-9,12,15,18H,2-7,10-11,13-14H2,1H3. The molecule has 0 unspecified atom stereocenters. The molecule has 1 fully saturated rings. The van der Waals surface area contributed by atoms with Gasteiger partial charge in [-0.2, -0.15) is 0 Å². The fraction of sp³-hybridized carbons (Fsp3) is 0.706. The van der Waals surface area contributed by atoms with Gasteiger partial charge >= 0.3 is 0 Å². The minimum atomic E-state index is 0.652. The Labute approximate surface area is 123 Å². The van der Waals surface area contributed by atoms with Gasteiger partial charge < -0.3 is 10.1 Å². The van der Waals surface area contributed by atoms with Crippen molar-refractivity contribution in [3.63, 3.8) is 0 Å². The Morgan fingerprint density at radius 1 is 1.25 bits per heavy atom. The van der Waals surface area contributed by atoms with Crippen LogP contribution >= 0.6 is 0 Å². The Kier molecular flexibility index (Phi) is 7.02. The van der Waals surface area contributed by atoms with Crippen molar-refractivity contribution in [3.05, 3.63) is 29.6 Å². The molecular weight excluding hydrogens is 248 g/mol. The third-order valence-corrected chi connectivity index (χ3v) is 3.97. The lowest BCUT2D eigenvalue weighted by Gasteiger charge is -2.21. The van der Waals surface area contributed by atoms with E-state index in [9.17, 15) is 0 Å². The predicted molar refractivity (Wildman–Crippen MR) is 82.5 cm³/mol. The molecule has 1 aromatic rings. The summed E-state index contributed by atoms with van der Waals surface area (Å²) in [5.74, 6) is 0.779. The first-order chi connectivity index (χ1) is 9.88. The van der Waals surface area contributed by atoms with E-state index in [-0.39, 0.29) is 0 Å². The van der Waals surface area contributed by atoms with E-state index in [4.69, 9.17) is 4.74 Å². The monoisotopic (exact) mass is 276 g/mol. The van der Waals surface area contributed by atoms with Gasteiger partial charge in [-0.05, 0) is 43.4 Å². The summed E-state index contributed by atoms with van der Waals surface area (Å²) >= 11 is 0. The van der Waals surface area contributed by atoms with Crippen molar-refractivity contribution in [2.45, 2.75) is 58.6 Å². The third kappa shape index (κ3) is 5.59. The van der Waals surface area contributed by atoms with Gasteiger partial charge in [0.25, 0.3) is 0 Å². The van der Waals surface area contributed by atoms with E-state index in [2.05, 4.69) is 29.4 Å². The van der Waals surface area contributed by atoms with Gasteiger partial charge in [-0.1, -0.05) is 32.3 Å². The summed E-state index contributed by atoms with van der Waals surface area (Å²) < 4.78 is 5.82. The molecule has 20 heavy (non-hydrogen) atoms. The van der Waals surface area contributed by atoms with Crippen LogP contribution in [-0.2, 0) is 17.9 Å². The first kappa shape index (κ1) is 15.5. The summed E-state index contributed by atoms with van der Waals surface area (Å²) in [6.07, 6.45) is 9.98. The van der Waals surface area contributed by atoms with Crippen LogP contribution in [0.15, 0.2) is 18.3 Å². The Morgan fingerprint density at radius 3 is 2.80 bits per heavy atom. The van der Waals surface area contributed by atoms with Crippen LogP contribution in [0.4, 0.5) is 0 Å². The minimum Gasteiger partial charge on any atom is -0.375 e. The second kappa shape index (κ2) is 9.09. The van der Waals surface area contributed by atoms with Crippen LogP contribution in [0.5, 0.6) is 0 Å². The molecule has 0 spiro atoms. The van der Waals surface area contributed by atoms with Crippen LogP contribution in [0.25, 0.3) is 0 Å². The molecule has 2 rings (SSSR count). The maximum Gasteiger partial charge on any atom is 0.0887 e. The number of nitrogens with zero attached hydrogens (tertiary/aromatic N) is 1. The number of pyridine rings is 1. The van der Waals surface area contributed by atoms with Gasteiger partial charge in [-0.25, -0.2) is 0 Å². The van der Waals surface area contributed by atoms with E-state index in [1.54, 1.807) is 0 Å². The van der Waals surface area contributed by atoms with Crippen molar-refractivity contribution < 1.29 is 4.74 Å². The van der Waals surface area contributed by atoms with E-state index in [0.717, 1.165) is 31.3 Å². The zero-order chi connectivity index (χ0) is 14.0. The molecule has 3 heteroatoms. The van der Waals surface area contributed by atoms with E-state index in [1.807, 2.05) is 6.20 Å². The summed E-state index contributed by atoms with van der Waals surface area (Å²) in [6.45, 7) is 5.70. The third-order valence-electron chi connectivity index (χ3n) is 3.97. The Hall–Kier alpha value is -0.930. The SMILES string of the molecule is CCCNCc1ccc(COCC2CCCCC2)nc1. The van der Waals surface area contributed by atoms with Gasteiger partial charge in [0, 0.05) is 19.3 Å². The van der Waals surface area contributed by atoms with Gasteiger partial charge in [0.15, 0.2) is 0 Å². The van der Waals surface area contributed by atoms with Crippen molar-refractivity contribution in [1.29, 1.82) is 0 Å². The largest absolute Gasteiger partial charge is 0.375 e. The second-order valence-electron chi connectivity index (χ2n) is 5.85. The molecule has 0 amide bonds. The lowest BCUT2D eigenvalue weighted by molar-refractivity contribution is 0.0720. The summed E-state index contributed by atoms with van der Waals surface area (Å²) in [5.41, 5.74) is 2.29. The molecule has 1 heterocycles. The number of aromatic nitrogens is 1. The predicted octanol–water partition coefficient (Wildman–Crippen LogP) is 3.68. The maximum atomic E-state index is 5.82. The highest BCUT2D eigenvalue weighted by Crippen LogP contribution is 2.23. The maximum absolute atomic E-state index is 5.82. The number of hydrogen-bond donors (Lipinski definition) is 1. The van der Waals surface area contributed by atoms with E-state index >= 15 is 0 Å².